The first kappa shape index (κ1) is 17.6. The van der Waals surface area contributed by atoms with Crippen molar-refractivity contribution in [2.75, 3.05) is 6.61 Å². The summed E-state index contributed by atoms with van der Waals surface area (Å²) in [5.74, 6) is -0.484. The molecule has 0 bridgehead atoms. The lowest BCUT2D eigenvalue weighted by atomic mass is 10.1. The molecule has 0 unspecified atom stereocenters. The number of carbonyl (C=O) groups is 2. The number of thiophene rings is 1. The normalized spacial score (nSPS) is 11.6. The van der Waals surface area contributed by atoms with Crippen LogP contribution in [0.25, 0.3) is 0 Å². The highest BCUT2D eigenvalue weighted by atomic mass is 32.1. The molecule has 2 aromatic rings. The maximum atomic E-state index is 12.3. The molecule has 0 aliphatic heterocycles. The van der Waals surface area contributed by atoms with E-state index < -0.39 is 17.0 Å². The van der Waals surface area contributed by atoms with Crippen LogP contribution in [0.2, 0.25) is 0 Å². The van der Waals surface area contributed by atoms with Crippen LogP contribution in [0.1, 0.15) is 33.9 Å². The van der Waals surface area contributed by atoms with E-state index in [9.17, 15) is 19.7 Å². The van der Waals surface area contributed by atoms with Gasteiger partial charge in [0.1, 0.15) is 10.6 Å². The van der Waals surface area contributed by atoms with Crippen LogP contribution in [0.3, 0.4) is 0 Å². The van der Waals surface area contributed by atoms with Gasteiger partial charge in [-0.15, -0.1) is 0 Å². The van der Waals surface area contributed by atoms with E-state index in [2.05, 4.69) is 0 Å². The number of esters is 1. The molecule has 1 heterocycles. The van der Waals surface area contributed by atoms with E-state index in [1.165, 1.54) is 19.1 Å². The SMILES string of the molecule is CCOc1ccc(C(=O)[C@@H](C)OC(=O)c2ccc([N+](=O)[O-])s2)cc1. The molecule has 24 heavy (non-hydrogen) atoms. The van der Waals surface area contributed by atoms with Crippen LogP contribution in [0, 0.1) is 10.1 Å². The average molecular weight is 349 g/mol. The lowest BCUT2D eigenvalue weighted by Crippen LogP contribution is -2.24. The van der Waals surface area contributed by atoms with Crippen molar-refractivity contribution in [2.24, 2.45) is 0 Å². The van der Waals surface area contributed by atoms with Gasteiger partial charge in [0.05, 0.1) is 11.5 Å². The van der Waals surface area contributed by atoms with Crippen molar-refractivity contribution in [1.82, 2.24) is 0 Å². The molecule has 0 radical (unpaired) electrons. The van der Waals surface area contributed by atoms with Gasteiger partial charge in [-0.25, -0.2) is 4.79 Å². The third kappa shape index (κ3) is 4.17. The van der Waals surface area contributed by atoms with Gasteiger partial charge in [-0.3, -0.25) is 14.9 Å². The maximum absolute atomic E-state index is 12.3. The zero-order valence-corrected chi connectivity index (χ0v) is 13.9. The van der Waals surface area contributed by atoms with Crippen molar-refractivity contribution in [3.63, 3.8) is 0 Å². The molecular formula is C16H15NO6S. The van der Waals surface area contributed by atoms with Crippen LogP contribution in [-0.4, -0.2) is 29.4 Å². The van der Waals surface area contributed by atoms with E-state index in [1.54, 1.807) is 24.3 Å². The number of benzene rings is 1. The summed E-state index contributed by atoms with van der Waals surface area (Å²) in [6.07, 6.45) is -1.00. The molecule has 0 aliphatic rings. The van der Waals surface area contributed by atoms with E-state index >= 15 is 0 Å². The molecule has 0 spiro atoms. The number of nitro groups is 1. The second kappa shape index (κ2) is 7.69. The molecule has 0 N–H and O–H groups in total. The van der Waals surface area contributed by atoms with Crippen LogP contribution < -0.4 is 4.74 Å². The minimum absolute atomic E-state index is 0.0769. The monoisotopic (exact) mass is 349 g/mol. The Morgan fingerprint density at radius 2 is 1.88 bits per heavy atom. The second-order valence-corrected chi connectivity index (χ2v) is 5.83. The van der Waals surface area contributed by atoms with E-state index in [-0.39, 0.29) is 15.7 Å². The van der Waals surface area contributed by atoms with Crippen LogP contribution >= 0.6 is 11.3 Å². The van der Waals surface area contributed by atoms with Gasteiger partial charge in [0, 0.05) is 11.6 Å². The van der Waals surface area contributed by atoms with E-state index in [4.69, 9.17) is 9.47 Å². The fourth-order valence-corrected chi connectivity index (χ4v) is 2.63. The Labute approximate surface area is 142 Å². The predicted molar refractivity (Wildman–Crippen MR) is 87.8 cm³/mol. The highest BCUT2D eigenvalue weighted by Crippen LogP contribution is 2.25. The molecule has 0 amide bonds. The summed E-state index contributed by atoms with van der Waals surface area (Å²) in [5.41, 5.74) is 0.385. The van der Waals surface area contributed by atoms with Gasteiger partial charge in [-0.2, -0.15) is 0 Å². The number of hydrogen-bond acceptors (Lipinski definition) is 7. The number of Topliss-reactive ketones (excluding diaryl/α,β-unsaturated/α-hetero) is 1. The molecule has 1 atom stereocenters. The Morgan fingerprint density at radius 3 is 2.42 bits per heavy atom. The Bertz CT molecular complexity index is 752. The van der Waals surface area contributed by atoms with Gasteiger partial charge in [0.15, 0.2) is 6.10 Å². The molecule has 1 aromatic carbocycles. The molecule has 8 heteroatoms. The first-order valence-corrected chi connectivity index (χ1v) is 7.96. The second-order valence-electron chi connectivity index (χ2n) is 4.76. The minimum Gasteiger partial charge on any atom is -0.494 e. The summed E-state index contributed by atoms with van der Waals surface area (Å²) in [5, 5.41) is 10.5. The molecule has 7 nitrogen and oxygen atoms in total. The van der Waals surface area contributed by atoms with Gasteiger partial charge in [0.2, 0.25) is 5.78 Å². The Hall–Kier alpha value is -2.74. The van der Waals surface area contributed by atoms with E-state index in [0.717, 1.165) is 0 Å². The lowest BCUT2D eigenvalue weighted by Gasteiger charge is -2.12. The number of hydrogen-bond donors (Lipinski definition) is 0. The fourth-order valence-electron chi connectivity index (χ4n) is 1.92. The number of nitrogens with zero attached hydrogens (tertiary/aromatic N) is 1. The average Bonchev–Trinajstić information content (AvgIpc) is 3.05. The summed E-state index contributed by atoms with van der Waals surface area (Å²) < 4.78 is 10.4. The highest BCUT2D eigenvalue weighted by molar-refractivity contribution is 7.17. The van der Waals surface area contributed by atoms with Crippen LogP contribution in [0.15, 0.2) is 36.4 Å². The molecule has 1 aromatic heterocycles. The number of ether oxygens (including phenoxy) is 2. The van der Waals surface area contributed by atoms with Crippen molar-refractivity contribution in [2.45, 2.75) is 20.0 Å². The van der Waals surface area contributed by atoms with Crippen LogP contribution in [0.4, 0.5) is 5.00 Å². The zero-order chi connectivity index (χ0) is 17.7. The summed E-state index contributed by atoms with van der Waals surface area (Å²) in [6, 6.07) is 9.03. The molecule has 0 fully saturated rings. The summed E-state index contributed by atoms with van der Waals surface area (Å²) in [4.78, 5) is 34.3. The quantitative estimate of drug-likeness (QED) is 0.329. The van der Waals surface area contributed by atoms with E-state index in [1.807, 2.05) is 6.92 Å². The Morgan fingerprint density at radius 1 is 1.21 bits per heavy atom. The van der Waals surface area contributed by atoms with Crippen molar-refractivity contribution < 1.29 is 24.0 Å². The van der Waals surface area contributed by atoms with Gasteiger partial charge in [-0.1, -0.05) is 11.3 Å². The first-order valence-electron chi connectivity index (χ1n) is 7.14. The van der Waals surface area contributed by atoms with Crippen LogP contribution in [0.5, 0.6) is 5.75 Å². The summed E-state index contributed by atoms with van der Waals surface area (Å²) in [7, 11) is 0. The van der Waals surface area contributed by atoms with Gasteiger partial charge >= 0.3 is 11.0 Å². The molecule has 0 saturated heterocycles. The number of rotatable bonds is 7. The number of ketones is 1. The Kier molecular flexibility index (Phi) is 5.64. The summed E-state index contributed by atoms with van der Waals surface area (Å²) >= 11 is 0.705. The van der Waals surface area contributed by atoms with Crippen molar-refractivity contribution >= 4 is 28.1 Å². The topological polar surface area (TPSA) is 95.7 Å². The van der Waals surface area contributed by atoms with Gasteiger partial charge < -0.3 is 9.47 Å². The maximum Gasteiger partial charge on any atom is 0.349 e. The highest BCUT2D eigenvalue weighted by Gasteiger charge is 2.23. The molecule has 2 rings (SSSR count). The predicted octanol–water partition coefficient (Wildman–Crippen LogP) is 3.48. The zero-order valence-electron chi connectivity index (χ0n) is 13.1. The molecule has 0 saturated carbocycles. The standard InChI is InChI=1S/C16H15NO6S/c1-3-22-12-6-4-11(5-7-12)15(18)10(2)23-16(19)13-8-9-14(24-13)17(20)21/h4-10H,3H2,1-2H3/t10-/m1/s1. The first-order chi connectivity index (χ1) is 11.4. The fraction of sp³-hybridized carbons (Fsp3) is 0.250. The van der Waals surface area contributed by atoms with Gasteiger partial charge in [0.25, 0.3) is 0 Å². The smallest absolute Gasteiger partial charge is 0.349 e. The lowest BCUT2D eigenvalue weighted by molar-refractivity contribution is -0.380. The molecular weight excluding hydrogens is 334 g/mol. The minimum atomic E-state index is -1.00. The molecule has 126 valence electrons. The largest absolute Gasteiger partial charge is 0.494 e. The number of carbonyl (C=O) groups excluding carboxylic acids is 2. The van der Waals surface area contributed by atoms with Crippen molar-refractivity contribution in [1.29, 1.82) is 0 Å². The summed E-state index contributed by atoms with van der Waals surface area (Å²) in [6.45, 7) is 3.84. The van der Waals surface area contributed by atoms with Crippen molar-refractivity contribution in [3.05, 3.63) is 57.0 Å². The Balaban J connectivity index is 2.02. The molecule has 0 aliphatic carbocycles. The van der Waals surface area contributed by atoms with Gasteiger partial charge in [-0.05, 0) is 44.2 Å². The van der Waals surface area contributed by atoms with Crippen molar-refractivity contribution in [3.8, 4) is 5.75 Å². The van der Waals surface area contributed by atoms with Crippen LogP contribution in [-0.2, 0) is 4.74 Å². The van der Waals surface area contributed by atoms with E-state index in [0.29, 0.717) is 29.3 Å². The third-order valence-corrected chi connectivity index (χ3v) is 4.09. The third-order valence-electron chi connectivity index (χ3n) is 3.08.